The van der Waals surface area contributed by atoms with Crippen LogP contribution >= 0.6 is 0 Å². The lowest BCUT2D eigenvalue weighted by molar-refractivity contribution is -0.146. The summed E-state index contributed by atoms with van der Waals surface area (Å²) in [5.41, 5.74) is 0. The number of carbonyl (C=O) groups excluding carboxylic acids is 2. The Kier molecular flexibility index (Phi) is 3.99. The number of rotatable bonds is 5. The number of hydrogen-bond acceptors (Lipinski definition) is 4. The van der Waals surface area contributed by atoms with E-state index in [0.717, 1.165) is 25.6 Å². The van der Waals surface area contributed by atoms with E-state index < -0.39 is 5.97 Å². The Morgan fingerprint density at radius 1 is 1.35 bits per heavy atom. The summed E-state index contributed by atoms with van der Waals surface area (Å²) in [5.74, 6) is -0.659. The highest BCUT2D eigenvalue weighted by Crippen LogP contribution is 2.29. The molecule has 1 aliphatic carbocycles. The maximum absolute atomic E-state index is 11.5. The first kappa shape index (κ1) is 12.4. The molecule has 2 fully saturated rings. The van der Waals surface area contributed by atoms with Gasteiger partial charge in [0, 0.05) is 25.2 Å². The van der Waals surface area contributed by atoms with Gasteiger partial charge in [0.15, 0.2) is 0 Å². The number of nitrogens with zero attached hydrogens (tertiary/aromatic N) is 1. The molecule has 0 aromatic carbocycles. The first-order valence-electron chi connectivity index (χ1n) is 6.38. The molecular formula is C12H20N2O3. The molecule has 1 unspecified atom stereocenters. The number of esters is 1. The van der Waals surface area contributed by atoms with Gasteiger partial charge in [-0.05, 0) is 26.2 Å². The zero-order chi connectivity index (χ0) is 12.3. The third kappa shape index (κ3) is 3.70. The minimum atomic E-state index is -0.443. The molecule has 17 heavy (non-hydrogen) atoms. The normalized spacial score (nSPS) is 24.6. The van der Waals surface area contributed by atoms with Crippen LogP contribution in [0.25, 0.3) is 0 Å². The van der Waals surface area contributed by atoms with E-state index in [1.807, 2.05) is 0 Å². The fraction of sp³-hybridized carbons (Fsp3) is 0.833. The van der Waals surface area contributed by atoms with Crippen LogP contribution in [0.2, 0.25) is 0 Å². The summed E-state index contributed by atoms with van der Waals surface area (Å²) >= 11 is 0. The molecule has 1 aliphatic heterocycles. The summed E-state index contributed by atoms with van der Waals surface area (Å²) in [4.78, 5) is 25.1. The predicted molar refractivity (Wildman–Crippen MR) is 62.4 cm³/mol. The molecule has 1 atom stereocenters. The van der Waals surface area contributed by atoms with E-state index in [1.54, 1.807) is 6.92 Å². The number of amides is 1. The number of ether oxygens (including phenoxy) is 1. The molecule has 1 heterocycles. The van der Waals surface area contributed by atoms with Crippen molar-refractivity contribution in [1.82, 2.24) is 10.2 Å². The summed E-state index contributed by atoms with van der Waals surface area (Å²) in [6, 6.07) is 0.958. The van der Waals surface area contributed by atoms with Crippen LogP contribution in [-0.4, -0.2) is 48.6 Å². The van der Waals surface area contributed by atoms with Gasteiger partial charge < -0.3 is 10.1 Å². The first-order chi connectivity index (χ1) is 8.19. The van der Waals surface area contributed by atoms with E-state index in [9.17, 15) is 9.59 Å². The second kappa shape index (κ2) is 5.49. The molecule has 5 nitrogen and oxygen atoms in total. The van der Waals surface area contributed by atoms with E-state index in [4.69, 9.17) is 4.74 Å². The van der Waals surface area contributed by atoms with Gasteiger partial charge >= 0.3 is 5.97 Å². The Balaban J connectivity index is 1.66. The molecule has 1 N–H and O–H groups in total. The quantitative estimate of drug-likeness (QED) is 0.554. The van der Waals surface area contributed by atoms with E-state index in [0.29, 0.717) is 6.61 Å². The lowest BCUT2D eigenvalue weighted by Crippen LogP contribution is -2.38. The maximum atomic E-state index is 11.5. The van der Waals surface area contributed by atoms with E-state index >= 15 is 0 Å². The third-order valence-corrected chi connectivity index (χ3v) is 3.26. The molecule has 0 spiro atoms. The van der Waals surface area contributed by atoms with Crippen LogP contribution in [0.1, 0.15) is 32.6 Å². The lowest BCUT2D eigenvalue weighted by atomic mass is 10.2. The molecule has 96 valence electrons. The smallest absolute Gasteiger partial charge is 0.315 e. The molecule has 0 aromatic heterocycles. The second-order valence-corrected chi connectivity index (χ2v) is 4.76. The summed E-state index contributed by atoms with van der Waals surface area (Å²) in [6.45, 7) is 4.06. The van der Waals surface area contributed by atoms with Crippen molar-refractivity contribution in [3.8, 4) is 0 Å². The predicted octanol–water partition coefficient (Wildman–Crippen LogP) is 0.293. The molecule has 0 radical (unpaired) electrons. The van der Waals surface area contributed by atoms with E-state index in [1.165, 1.54) is 12.8 Å². The molecular weight excluding hydrogens is 220 g/mol. The largest absolute Gasteiger partial charge is 0.466 e. The van der Waals surface area contributed by atoms with Gasteiger partial charge in [-0.3, -0.25) is 14.5 Å². The van der Waals surface area contributed by atoms with Crippen molar-refractivity contribution in [2.24, 2.45) is 0 Å². The Bertz CT molecular complexity index is 302. The Morgan fingerprint density at radius 2 is 2.12 bits per heavy atom. The highest BCUT2D eigenvalue weighted by Gasteiger charge is 2.34. The molecule has 5 heteroatoms. The van der Waals surface area contributed by atoms with Crippen LogP contribution in [0.5, 0.6) is 0 Å². The van der Waals surface area contributed by atoms with Gasteiger partial charge in [0.05, 0.1) is 6.61 Å². The number of hydrogen-bond donors (Lipinski definition) is 1. The summed E-state index contributed by atoms with van der Waals surface area (Å²) in [7, 11) is 0. The van der Waals surface area contributed by atoms with Crippen LogP contribution in [0, 0.1) is 0 Å². The average Bonchev–Trinajstić information content (AvgIpc) is 3.01. The molecule has 0 aromatic rings. The molecule has 0 bridgehead atoms. The summed E-state index contributed by atoms with van der Waals surface area (Å²) in [6.07, 6.45) is 3.42. The van der Waals surface area contributed by atoms with Gasteiger partial charge in [0.2, 0.25) is 5.91 Å². The Hall–Kier alpha value is -1.10. The minimum Gasteiger partial charge on any atom is -0.466 e. The third-order valence-electron chi connectivity index (χ3n) is 3.26. The number of carbonyl (C=O) groups is 2. The topological polar surface area (TPSA) is 58.6 Å². The van der Waals surface area contributed by atoms with Gasteiger partial charge in [-0.2, -0.15) is 0 Å². The monoisotopic (exact) mass is 240 g/mol. The fourth-order valence-corrected chi connectivity index (χ4v) is 2.30. The van der Waals surface area contributed by atoms with Gasteiger partial charge in [-0.25, -0.2) is 0 Å². The van der Waals surface area contributed by atoms with Crippen molar-refractivity contribution >= 4 is 11.9 Å². The average molecular weight is 240 g/mol. The number of likely N-dealkylation sites (tertiary alicyclic amines) is 1. The van der Waals surface area contributed by atoms with Crippen LogP contribution < -0.4 is 5.32 Å². The SMILES string of the molecule is CCOC(=O)CC(=O)NC1CCN(C2CC2)C1. The van der Waals surface area contributed by atoms with Crippen molar-refractivity contribution in [3.63, 3.8) is 0 Å². The van der Waals surface area contributed by atoms with Crippen molar-refractivity contribution in [2.75, 3.05) is 19.7 Å². The maximum Gasteiger partial charge on any atom is 0.315 e. The van der Waals surface area contributed by atoms with Crippen LogP contribution in [0.4, 0.5) is 0 Å². The minimum absolute atomic E-state index is 0.159. The van der Waals surface area contributed by atoms with Gasteiger partial charge in [-0.15, -0.1) is 0 Å². The zero-order valence-corrected chi connectivity index (χ0v) is 10.3. The highest BCUT2D eigenvalue weighted by atomic mass is 16.5. The fourth-order valence-electron chi connectivity index (χ4n) is 2.30. The van der Waals surface area contributed by atoms with Crippen molar-refractivity contribution in [1.29, 1.82) is 0 Å². The molecule has 1 amide bonds. The van der Waals surface area contributed by atoms with Crippen LogP contribution in [0.15, 0.2) is 0 Å². The molecule has 2 aliphatic rings. The van der Waals surface area contributed by atoms with Crippen LogP contribution in [0.3, 0.4) is 0 Å². The summed E-state index contributed by atoms with van der Waals surface area (Å²) in [5, 5.41) is 2.90. The van der Waals surface area contributed by atoms with Gasteiger partial charge in [-0.1, -0.05) is 0 Å². The van der Waals surface area contributed by atoms with Gasteiger partial charge in [0.25, 0.3) is 0 Å². The lowest BCUT2D eigenvalue weighted by Gasteiger charge is -2.15. The Labute approximate surface area is 101 Å². The van der Waals surface area contributed by atoms with Crippen molar-refractivity contribution in [3.05, 3.63) is 0 Å². The second-order valence-electron chi connectivity index (χ2n) is 4.76. The van der Waals surface area contributed by atoms with E-state index in [-0.39, 0.29) is 18.4 Å². The first-order valence-corrected chi connectivity index (χ1v) is 6.38. The standard InChI is InChI=1S/C12H20N2O3/c1-2-17-12(16)7-11(15)13-9-5-6-14(8-9)10-3-4-10/h9-10H,2-8H2,1H3,(H,13,15). The Morgan fingerprint density at radius 3 is 2.76 bits per heavy atom. The number of nitrogens with one attached hydrogen (secondary N) is 1. The summed E-state index contributed by atoms with van der Waals surface area (Å²) < 4.78 is 4.74. The molecule has 1 saturated heterocycles. The van der Waals surface area contributed by atoms with Crippen molar-refractivity contribution < 1.29 is 14.3 Å². The van der Waals surface area contributed by atoms with Crippen molar-refractivity contribution in [2.45, 2.75) is 44.7 Å². The molecule has 2 rings (SSSR count). The van der Waals surface area contributed by atoms with Crippen LogP contribution in [-0.2, 0) is 14.3 Å². The zero-order valence-electron chi connectivity index (χ0n) is 10.3. The van der Waals surface area contributed by atoms with E-state index in [2.05, 4.69) is 10.2 Å². The highest BCUT2D eigenvalue weighted by molar-refractivity contribution is 5.94. The van der Waals surface area contributed by atoms with Gasteiger partial charge in [0.1, 0.15) is 6.42 Å². The molecule has 1 saturated carbocycles.